The van der Waals surface area contributed by atoms with E-state index < -0.39 is 11.9 Å². The molecule has 0 aliphatic heterocycles. The molecule has 0 unspecified atom stereocenters. The molecule has 7 heteroatoms. The van der Waals surface area contributed by atoms with Gasteiger partial charge in [-0.15, -0.1) is 0 Å². The lowest BCUT2D eigenvalue weighted by Crippen LogP contribution is -2.04. The number of rotatable bonds is 3. The van der Waals surface area contributed by atoms with E-state index >= 15 is 0 Å². The van der Waals surface area contributed by atoms with Crippen molar-refractivity contribution in [3.63, 3.8) is 0 Å². The third-order valence-electron chi connectivity index (χ3n) is 2.46. The maximum atomic E-state index is 12.4. The summed E-state index contributed by atoms with van der Waals surface area (Å²) in [5, 5.41) is 5.51. The maximum absolute atomic E-state index is 12.4. The fourth-order valence-corrected chi connectivity index (χ4v) is 1.65. The Morgan fingerprint density at radius 1 is 1.21 bits per heavy atom. The molecule has 2 heterocycles. The van der Waals surface area contributed by atoms with Crippen LogP contribution < -0.4 is 0 Å². The van der Waals surface area contributed by atoms with Gasteiger partial charge in [0.2, 0.25) is 0 Å². The minimum atomic E-state index is -4.44. The Kier molecular flexibility index (Phi) is 3.55. The highest BCUT2D eigenvalue weighted by Gasteiger charge is 2.33. The highest BCUT2D eigenvalue weighted by atomic mass is 19.4. The molecule has 19 heavy (non-hydrogen) atoms. The molecule has 0 aliphatic rings. The van der Waals surface area contributed by atoms with Gasteiger partial charge in [0.25, 0.3) is 0 Å². The molecule has 0 saturated carbocycles. The van der Waals surface area contributed by atoms with Crippen LogP contribution in [0.25, 0.3) is 11.5 Å². The van der Waals surface area contributed by atoms with Gasteiger partial charge in [0.05, 0.1) is 0 Å². The van der Waals surface area contributed by atoms with E-state index in [0.717, 1.165) is 18.1 Å². The van der Waals surface area contributed by atoms with Crippen LogP contribution in [0.4, 0.5) is 13.2 Å². The van der Waals surface area contributed by atoms with E-state index in [1.54, 1.807) is 12.4 Å². The molecule has 0 saturated heterocycles. The monoisotopic (exact) mass is 270 g/mol. The first-order chi connectivity index (χ1) is 8.86. The summed E-state index contributed by atoms with van der Waals surface area (Å²) in [5.41, 5.74) is 0.131. The van der Waals surface area contributed by atoms with Crippen LogP contribution >= 0.6 is 0 Å². The third-order valence-corrected chi connectivity index (χ3v) is 2.46. The molecule has 102 valence electrons. The summed E-state index contributed by atoms with van der Waals surface area (Å²) in [6, 6.07) is 0.900. The van der Waals surface area contributed by atoms with Crippen molar-refractivity contribution in [3.8, 4) is 11.5 Å². The molecule has 2 aromatic heterocycles. The van der Waals surface area contributed by atoms with Gasteiger partial charge in [0, 0.05) is 12.4 Å². The molecular formula is C12H13F3N4. The van der Waals surface area contributed by atoms with Crippen LogP contribution in [0.2, 0.25) is 0 Å². The topological polar surface area (TPSA) is 54.5 Å². The Hall–Kier alpha value is -1.92. The van der Waals surface area contributed by atoms with Gasteiger partial charge in [0.1, 0.15) is 11.4 Å². The van der Waals surface area contributed by atoms with Gasteiger partial charge in [-0.25, -0.2) is 9.97 Å². The van der Waals surface area contributed by atoms with Crippen molar-refractivity contribution in [2.75, 3.05) is 0 Å². The van der Waals surface area contributed by atoms with Crippen molar-refractivity contribution in [2.45, 2.75) is 26.4 Å². The van der Waals surface area contributed by atoms with Crippen molar-refractivity contribution in [3.05, 3.63) is 29.7 Å². The number of aromatic nitrogens is 4. The van der Waals surface area contributed by atoms with Crippen LogP contribution in [0.1, 0.15) is 25.1 Å². The normalized spacial score (nSPS) is 12.1. The Balaban J connectivity index is 2.20. The SMILES string of the molecule is CC(C)Cc1cnc(-c2cc(C(F)(F)F)[nH]n2)nc1. The highest BCUT2D eigenvalue weighted by Crippen LogP contribution is 2.29. The van der Waals surface area contributed by atoms with Crippen molar-refractivity contribution in [2.24, 2.45) is 5.92 Å². The van der Waals surface area contributed by atoms with Crippen LogP contribution in [0.3, 0.4) is 0 Å². The van der Waals surface area contributed by atoms with Crippen molar-refractivity contribution >= 4 is 0 Å². The summed E-state index contributed by atoms with van der Waals surface area (Å²) in [6.45, 7) is 4.13. The molecule has 1 N–H and O–H groups in total. The highest BCUT2D eigenvalue weighted by molar-refractivity contribution is 5.49. The lowest BCUT2D eigenvalue weighted by Gasteiger charge is -2.03. The molecule has 0 bridgehead atoms. The second kappa shape index (κ2) is 4.99. The summed E-state index contributed by atoms with van der Waals surface area (Å²) >= 11 is 0. The average Bonchev–Trinajstić information content (AvgIpc) is 2.78. The van der Waals surface area contributed by atoms with Crippen LogP contribution in [-0.4, -0.2) is 20.2 Å². The smallest absolute Gasteiger partial charge is 0.273 e. The lowest BCUT2D eigenvalue weighted by molar-refractivity contribution is -0.141. The molecule has 2 aromatic rings. The van der Waals surface area contributed by atoms with Gasteiger partial charge < -0.3 is 0 Å². The Bertz CT molecular complexity index is 543. The molecule has 0 atom stereocenters. The van der Waals surface area contributed by atoms with Gasteiger partial charge in [-0.2, -0.15) is 18.3 Å². The minimum Gasteiger partial charge on any atom is -0.273 e. The standard InChI is InChI=1S/C12H13F3N4/c1-7(2)3-8-5-16-11(17-6-8)9-4-10(19-18-9)12(13,14)15/h4-7H,3H2,1-2H3,(H,18,19). The number of nitrogens with zero attached hydrogens (tertiary/aromatic N) is 3. The number of halogens is 3. The first kappa shape index (κ1) is 13.5. The van der Waals surface area contributed by atoms with Crippen LogP contribution in [0, 0.1) is 5.92 Å². The molecule has 0 aromatic carbocycles. The molecule has 0 fully saturated rings. The zero-order chi connectivity index (χ0) is 14.0. The predicted octanol–water partition coefficient (Wildman–Crippen LogP) is 3.08. The summed E-state index contributed by atoms with van der Waals surface area (Å²) in [5.74, 6) is 0.649. The fourth-order valence-electron chi connectivity index (χ4n) is 1.65. The molecule has 0 spiro atoms. The number of H-pyrrole nitrogens is 1. The van der Waals surface area contributed by atoms with Gasteiger partial charge >= 0.3 is 6.18 Å². The third kappa shape index (κ3) is 3.30. The van der Waals surface area contributed by atoms with E-state index in [4.69, 9.17) is 0 Å². The fraction of sp³-hybridized carbons (Fsp3) is 0.417. The van der Waals surface area contributed by atoms with Gasteiger partial charge in [-0.3, -0.25) is 5.10 Å². The molecule has 4 nitrogen and oxygen atoms in total. The maximum Gasteiger partial charge on any atom is 0.432 e. The number of aromatic amines is 1. The second-order valence-corrected chi connectivity index (χ2v) is 4.68. The summed E-state index contributed by atoms with van der Waals surface area (Å²) in [6.07, 6.45) is -0.383. The zero-order valence-electron chi connectivity index (χ0n) is 10.5. The Morgan fingerprint density at radius 3 is 2.32 bits per heavy atom. The van der Waals surface area contributed by atoms with Crippen LogP contribution in [0.15, 0.2) is 18.5 Å². The van der Waals surface area contributed by atoms with Crippen molar-refractivity contribution in [1.82, 2.24) is 20.2 Å². The van der Waals surface area contributed by atoms with Crippen LogP contribution in [-0.2, 0) is 12.6 Å². The average molecular weight is 270 g/mol. The minimum absolute atomic E-state index is 0.0865. The zero-order valence-corrected chi connectivity index (χ0v) is 10.5. The van der Waals surface area contributed by atoms with Crippen molar-refractivity contribution < 1.29 is 13.2 Å². The van der Waals surface area contributed by atoms with Crippen LogP contribution in [0.5, 0.6) is 0 Å². The summed E-state index contributed by atoms with van der Waals surface area (Å²) in [4.78, 5) is 8.07. The van der Waals surface area contributed by atoms with Gasteiger partial charge in [0.15, 0.2) is 5.82 Å². The summed E-state index contributed by atoms with van der Waals surface area (Å²) in [7, 11) is 0. The lowest BCUT2D eigenvalue weighted by atomic mass is 10.1. The van der Waals surface area contributed by atoms with E-state index in [1.807, 2.05) is 5.10 Å². The molecular weight excluding hydrogens is 257 g/mol. The van der Waals surface area contributed by atoms with E-state index in [9.17, 15) is 13.2 Å². The number of hydrogen-bond donors (Lipinski definition) is 1. The molecule has 0 radical (unpaired) electrons. The van der Waals surface area contributed by atoms with E-state index in [0.29, 0.717) is 5.92 Å². The quantitative estimate of drug-likeness (QED) is 0.932. The predicted molar refractivity (Wildman–Crippen MR) is 63.2 cm³/mol. The van der Waals surface area contributed by atoms with E-state index in [1.165, 1.54) is 0 Å². The second-order valence-electron chi connectivity index (χ2n) is 4.68. The number of hydrogen-bond acceptors (Lipinski definition) is 3. The first-order valence-electron chi connectivity index (χ1n) is 5.80. The number of nitrogens with one attached hydrogen (secondary N) is 1. The number of alkyl halides is 3. The van der Waals surface area contributed by atoms with E-state index in [-0.39, 0.29) is 11.5 Å². The van der Waals surface area contributed by atoms with Gasteiger partial charge in [-0.1, -0.05) is 13.8 Å². The van der Waals surface area contributed by atoms with Crippen molar-refractivity contribution in [1.29, 1.82) is 0 Å². The first-order valence-corrected chi connectivity index (χ1v) is 5.80. The molecule has 2 rings (SSSR count). The Morgan fingerprint density at radius 2 is 1.84 bits per heavy atom. The summed E-state index contributed by atoms with van der Waals surface area (Å²) < 4.78 is 37.2. The molecule has 0 aliphatic carbocycles. The van der Waals surface area contributed by atoms with E-state index in [2.05, 4.69) is 28.9 Å². The molecule has 0 amide bonds. The Labute approximate surface area is 108 Å². The van der Waals surface area contributed by atoms with Gasteiger partial charge in [-0.05, 0) is 24.0 Å². The largest absolute Gasteiger partial charge is 0.432 e.